The van der Waals surface area contributed by atoms with Crippen molar-refractivity contribution in [3.8, 4) is 17.2 Å². The van der Waals surface area contributed by atoms with E-state index in [-0.39, 0.29) is 5.75 Å². The number of H-pyrrole nitrogens is 1. The van der Waals surface area contributed by atoms with Crippen molar-refractivity contribution in [3.05, 3.63) is 64.7 Å². The van der Waals surface area contributed by atoms with E-state index in [0.29, 0.717) is 23.7 Å². The van der Waals surface area contributed by atoms with Gasteiger partial charge in [-0.1, -0.05) is 12.1 Å². The van der Waals surface area contributed by atoms with Crippen molar-refractivity contribution in [3.63, 3.8) is 0 Å². The van der Waals surface area contributed by atoms with E-state index in [0.717, 1.165) is 18.0 Å². The summed E-state index contributed by atoms with van der Waals surface area (Å²) in [5.74, 6) is 2.43. The predicted molar refractivity (Wildman–Crippen MR) is 96.5 cm³/mol. The van der Waals surface area contributed by atoms with Gasteiger partial charge in [-0.3, -0.25) is 5.10 Å². The lowest BCUT2D eigenvalue weighted by Crippen LogP contribution is -2.09. The highest BCUT2D eigenvalue weighted by atomic mass is 32.1. The molecule has 0 aliphatic rings. The van der Waals surface area contributed by atoms with Crippen LogP contribution in [-0.4, -0.2) is 27.0 Å². The molecule has 0 saturated carbocycles. The largest absolute Gasteiger partial charge is 0.508 e. The molecule has 0 bridgehead atoms. The molecule has 0 fully saturated rings. The lowest BCUT2D eigenvalue weighted by Gasteiger charge is -2.09. The zero-order chi connectivity index (χ0) is 17.6. The van der Waals surface area contributed by atoms with E-state index in [1.54, 1.807) is 31.4 Å². The molecule has 2 aromatic carbocycles. The van der Waals surface area contributed by atoms with Gasteiger partial charge in [0.15, 0.2) is 10.6 Å². The Kier molecular flexibility index (Phi) is 5.35. The molecule has 1 aromatic heterocycles. The topological polar surface area (TPSA) is 72.3 Å². The molecular formula is C18H19N3O3S. The van der Waals surface area contributed by atoms with Crippen LogP contribution in [0.5, 0.6) is 17.2 Å². The van der Waals surface area contributed by atoms with Crippen LogP contribution < -0.4 is 9.47 Å². The van der Waals surface area contributed by atoms with Crippen LogP contribution >= 0.6 is 12.2 Å². The lowest BCUT2D eigenvalue weighted by atomic mass is 10.1. The smallest absolute Gasteiger partial charge is 0.195 e. The third-order valence-corrected chi connectivity index (χ3v) is 4.14. The van der Waals surface area contributed by atoms with Crippen LogP contribution in [0, 0.1) is 4.77 Å². The minimum atomic E-state index is 0.203. The summed E-state index contributed by atoms with van der Waals surface area (Å²) in [6, 6.07) is 14.5. The third-order valence-electron chi connectivity index (χ3n) is 3.83. The molecule has 0 saturated heterocycles. The fraction of sp³-hybridized carbons (Fsp3) is 0.222. The number of rotatable bonds is 7. The number of hydrogen-bond donors (Lipinski definition) is 2. The average molecular weight is 357 g/mol. The number of aromatic nitrogens is 3. The van der Waals surface area contributed by atoms with Crippen LogP contribution in [0.15, 0.2) is 48.5 Å². The van der Waals surface area contributed by atoms with E-state index in [9.17, 15) is 5.11 Å². The number of phenols is 1. The Morgan fingerprint density at radius 3 is 2.44 bits per heavy atom. The Labute approximate surface area is 150 Å². The monoisotopic (exact) mass is 357 g/mol. The van der Waals surface area contributed by atoms with Gasteiger partial charge in [0, 0.05) is 6.54 Å². The molecule has 0 aliphatic carbocycles. The standard InChI is InChI=1S/C18H19N3O3S/c1-23-15-6-2-13(3-7-15)10-11-21-17(19-20-18(21)25)12-24-16-8-4-14(22)5-9-16/h2-9,22H,10-12H2,1H3,(H,20,25). The second-order valence-corrected chi connectivity index (χ2v) is 5.86. The number of ether oxygens (including phenoxy) is 2. The zero-order valence-corrected chi connectivity index (χ0v) is 14.6. The molecular weight excluding hydrogens is 338 g/mol. The number of hydrogen-bond acceptors (Lipinski definition) is 5. The molecule has 6 nitrogen and oxygen atoms in total. The zero-order valence-electron chi connectivity index (χ0n) is 13.8. The number of methoxy groups -OCH3 is 1. The second-order valence-electron chi connectivity index (χ2n) is 5.48. The highest BCUT2D eigenvalue weighted by molar-refractivity contribution is 7.71. The Bertz CT molecular complexity index is 870. The van der Waals surface area contributed by atoms with Crippen molar-refractivity contribution >= 4 is 12.2 Å². The second kappa shape index (κ2) is 7.85. The van der Waals surface area contributed by atoms with Gasteiger partial charge >= 0.3 is 0 Å². The molecule has 0 radical (unpaired) electrons. The van der Waals surface area contributed by atoms with Gasteiger partial charge in [0.1, 0.15) is 23.9 Å². The fourth-order valence-electron chi connectivity index (χ4n) is 2.41. The molecule has 0 atom stereocenters. The number of phenolic OH excluding ortho intramolecular Hbond substituents is 1. The molecule has 3 rings (SSSR count). The van der Waals surface area contributed by atoms with Gasteiger partial charge in [-0.15, -0.1) is 0 Å². The van der Waals surface area contributed by atoms with Gasteiger partial charge in [-0.2, -0.15) is 5.10 Å². The molecule has 2 N–H and O–H groups in total. The van der Waals surface area contributed by atoms with Crippen molar-refractivity contribution in [2.45, 2.75) is 19.6 Å². The highest BCUT2D eigenvalue weighted by Gasteiger charge is 2.08. The first-order valence-corrected chi connectivity index (χ1v) is 8.25. The molecule has 130 valence electrons. The molecule has 1 heterocycles. The normalized spacial score (nSPS) is 10.6. The Balaban J connectivity index is 1.64. The maximum Gasteiger partial charge on any atom is 0.195 e. The summed E-state index contributed by atoms with van der Waals surface area (Å²) in [5, 5.41) is 16.4. The van der Waals surface area contributed by atoms with E-state index in [4.69, 9.17) is 21.7 Å². The SMILES string of the molecule is COc1ccc(CCn2c(COc3ccc(O)cc3)n[nH]c2=S)cc1. The summed E-state index contributed by atoms with van der Waals surface area (Å²) in [7, 11) is 1.65. The third kappa shape index (κ3) is 4.39. The van der Waals surface area contributed by atoms with E-state index in [1.807, 2.05) is 28.8 Å². The van der Waals surface area contributed by atoms with Gasteiger partial charge < -0.3 is 19.1 Å². The molecule has 7 heteroatoms. The molecule has 0 aliphatic heterocycles. The lowest BCUT2D eigenvalue weighted by molar-refractivity contribution is 0.288. The first kappa shape index (κ1) is 17.0. The van der Waals surface area contributed by atoms with Crippen LogP contribution in [0.4, 0.5) is 0 Å². The van der Waals surface area contributed by atoms with Crippen molar-refractivity contribution in [1.29, 1.82) is 0 Å². The quantitative estimate of drug-likeness (QED) is 0.634. The number of aromatic amines is 1. The summed E-state index contributed by atoms with van der Waals surface area (Å²) in [4.78, 5) is 0. The van der Waals surface area contributed by atoms with Crippen molar-refractivity contribution < 1.29 is 14.6 Å². The summed E-state index contributed by atoms with van der Waals surface area (Å²) < 4.78 is 13.4. The minimum Gasteiger partial charge on any atom is -0.508 e. The van der Waals surface area contributed by atoms with Crippen LogP contribution in [0.25, 0.3) is 0 Å². The number of aryl methyl sites for hydroxylation is 1. The van der Waals surface area contributed by atoms with Crippen LogP contribution in [0.2, 0.25) is 0 Å². The Hall–Kier alpha value is -2.80. The predicted octanol–water partition coefficient (Wildman–Crippen LogP) is 3.48. The number of nitrogens with one attached hydrogen (secondary N) is 1. The molecule has 3 aromatic rings. The number of nitrogens with zero attached hydrogens (tertiary/aromatic N) is 2. The summed E-state index contributed by atoms with van der Waals surface area (Å²) >= 11 is 5.31. The van der Waals surface area contributed by atoms with E-state index < -0.39 is 0 Å². The van der Waals surface area contributed by atoms with Crippen LogP contribution in [0.1, 0.15) is 11.4 Å². The number of aromatic hydroxyl groups is 1. The van der Waals surface area contributed by atoms with Crippen LogP contribution in [0.3, 0.4) is 0 Å². The van der Waals surface area contributed by atoms with Crippen molar-refractivity contribution in [1.82, 2.24) is 14.8 Å². The molecule has 0 spiro atoms. The van der Waals surface area contributed by atoms with E-state index in [2.05, 4.69) is 10.2 Å². The minimum absolute atomic E-state index is 0.203. The molecule has 25 heavy (non-hydrogen) atoms. The van der Waals surface area contributed by atoms with Gasteiger partial charge in [0.2, 0.25) is 0 Å². The molecule has 0 unspecified atom stereocenters. The summed E-state index contributed by atoms with van der Waals surface area (Å²) in [6.07, 6.45) is 0.823. The van der Waals surface area contributed by atoms with Crippen LogP contribution in [-0.2, 0) is 19.6 Å². The van der Waals surface area contributed by atoms with Gasteiger partial charge in [-0.25, -0.2) is 0 Å². The Morgan fingerprint density at radius 1 is 1.08 bits per heavy atom. The van der Waals surface area contributed by atoms with Crippen molar-refractivity contribution in [2.24, 2.45) is 0 Å². The van der Waals surface area contributed by atoms with E-state index in [1.165, 1.54) is 5.56 Å². The summed E-state index contributed by atoms with van der Waals surface area (Å²) in [5.41, 5.74) is 1.19. The summed E-state index contributed by atoms with van der Waals surface area (Å²) in [6.45, 7) is 0.996. The Morgan fingerprint density at radius 2 is 1.76 bits per heavy atom. The maximum absolute atomic E-state index is 9.30. The molecule has 0 amide bonds. The first-order chi connectivity index (χ1) is 12.2. The van der Waals surface area contributed by atoms with E-state index >= 15 is 0 Å². The highest BCUT2D eigenvalue weighted by Crippen LogP contribution is 2.17. The van der Waals surface area contributed by atoms with Gasteiger partial charge in [-0.05, 0) is 60.6 Å². The van der Waals surface area contributed by atoms with Gasteiger partial charge in [0.05, 0.1) is 7.11 Å². The van der Waals surface area contributed by atoms with Crippen molar-refractivity contribution in [2.75, 3.05) is 7.11 Å². The first-order valence-electron chi connectivity index (χ1n) is 7.84. The fourth-order valence-corrected chi connectivity index (χ4v) is 2.66. The number of benzene rings is 2. The average Bonchev–Trinajstić information content (AvgIpc) is 2.99. The van der Waals surface area contributed by atoms with Gasteiger partial charge in [0.25, 0.3) is 0 Å². The maximum atomic E-state index is 9.30.